The summed E-state index contributed by atoms with van der Waals surface area (Å²) >= 11 is 0. The van der Waals surface area contributed by atoms with Crippen LogP contribution >= 0.6 is 0 Å². The number of rotatable bonds is 5. The molecule has 1 aliphatic rings. The van der Waals surface area contributed by atoms with Crippen LogP contribution in [0.15, 0.2) is 64.7 Å². The number of benzene rings is 1. The lowest BCUT2D eigenvalue weighted by Gasteiger charge is -2.32. The summed E-state index contributed by atoms with van der Waals surface area (Å²) in [7, 11) is 3.44. The minimum Gasteiger partial charge on any atom is -0.321 e. The van der Waals surface area contributed by atoms with Crippen molar-refractivity contribution >= 4 is 17.5 Å². The van der Waals surface area contributed by atoms with E-state index in [0.717, 1.165) is 48.1 Å². The summed E-state index contributed by atoms with van der Waals surface area (Å²) in [5.74, 6) is -0.704. The van der Waals surface area contributed by atoms with Crippen LogP contribution in [-0.4, -0.2) is 26.2 Å². The molecule has 0 aliphatic heterocycles. The largest absolute Gasteiger partial charge is 0.321 e. The molecule has 0 atom stereocenters. The van der Waals surface area contributed by atoms with E-state index in [1.165, 1.54) is 4.68 Å². The van der Waals surface area contributed by atoms with Crippen LogP contribution in [0, 0.1) is 12.3 Å². The summed E-state index contributed by atoms with van der Waals surface area (Å²) < 4.78 is 3.10. The lowest BCUT2D eigenvalue weighted by atomic mass is 9.75. The van der Waals surface area contributed by atoms with Crippen molar-refractivity contribution in [3.63, 3.8) is 0 Å². The average molecular weight is 488 g/mol. The maximum absolute atomic E-state index is 13.4. The fraction of sp³-hybridized carbons (Fsp3) is 0.357. The van der Waals surface area contributed by atoms with E-state index in [-0.39, 0.29) is 22.8 Å². The second-order valence-corrected chi connectivity index (χ2v) is 10.2. The van der Waals surface area contributed by atoms with Gasteiger partial charge in [-0.1, -0.05) is 26.0 Å². The number of amides is 2. The molecule has 1 aliphatic carbocycles. The van der Waals surface area contributed by atoms with Gasteiger partial charge in [0.15, 0.2) is 0 Å². The number of allylic oxidation sites excluding steroid dienone is 1. The van der Waals surface area contributed by atoms with Crippen LogP contribution in [0.3, 0.4) is 0 Å². The zero-order chi connectivity index (χ0) is 26.0. The maximum Gasteiger partial charge on any atom is 0.274 e. The number of carbonyl (C=O) groups excluding carboxylic acids is 2. The summed E-state index contributed by atoms with van der Waals surface area (Å²) in [6.07, 6.45) is 4.97. The van der Waals surface area contributed by atoms with Crippen molar-refractivity contribution in [2.45, 2.75) is 46.5 Å². The van der Waals surface area contributed by atoms with Gasteiger partial charge in [0.2, 0.25) is 5.56 Å². The van der Waals surface area contributed by atoms with E-state index in [1.807, 2.05) is 37.3 Å². The molecule has 0 unspecified atom stereocenters. The molecule has 0 radical (unpaired) electrons. The topological polar surface area (TPSA) is 98.0 Å². The molecule has 188 valence electrons. The highest BCUT2D eigenvalue weighted by Crippen LogP contribution is 2.38. The molecule has 0 bridgehead atoms. The summed E-state index contributed by atoms with van der Waals surface area (Å²) in [6.45, 7) is 6.36. The maximum atomic E-state index is 13.4. The van der Waals surface area contributed by atoms with Gasteiger partial charge in [0, 0.05) is 43.3 Å². The van der Waals surface area contributed by atoms with Crippen LogP contribution in [0.4, 0.5) is 5.69 Å². The van der Waals surface area contributed by atoms with E-state index in [4.69, 9.17) is 0 Å². The van der Waals surface area contributed by atoms with Crippen molar-refractivity contribution in [2.75, 3.05) is 5.32 Å². The molecule has 8 heteroatoms. The lowest BCUT2D eigenvalue weighted by molar-refractivity contribution is -0.113. The Kier molecular flexibility index (Phi) is 6.97. The Morgan fingerprint density at radius 2 is 1.64 bits per heavy atom. The van der Waals surface area contributed by atoms with E-state index >= 15 is 0 Å². The smallest absolute Gasteiger partial charge is 0.274 e. The van der Waals surface area contributed by atoms with Crippen LogP contribution in [0.1, 0.15) is 55.7 Å². The normalized spacial score (nSPS) is 14.9. The molecule has 1 aromatic carbocycles. The molecule has 0 spiro atoms. The molecule has 8 nitrogen and oxygen atoms in total. The predicted molar refractivity (Wildman–Crippen MR) is 140 cm³/mol. The number of aryl methyl sites for hydroxylation is 1. The first-order chi connectivity index (χ1) is 17.1. The quantitative estimate of drug-likeness (QED) is 0.524. The SMILES string of the molecule is Cc1c(-c2ccc(NC(=O)C(NC(=O)c3ccnn3C)=C3CCC(C)(C)CC3)cc2)ccc(=O)n1C. The number of carbonyl (C=O) groups is 2. The van der Waals surface area contributed by atoms with Gasteiger partial charge in [0.1, 0.15) is 11.4 Å². The van der Waals surface area contributed by atoms with Gasteiger partial charge >= 0.3 is 0 Å². The number of nitrogens with one attached hydrogen (secondary N) is 2. The monoisotopic (exact) mass is 487 g/mol. The number of nitrogens with zero attached hydrogens (tertiary/aromatic N) is 3. The molecule has 1 saturated carbocycles. The molecule has 2 heterocycles. The summed E-state index contributed by atoms with van der Waals surface area (Å²) in [5, 5.41) is 9.88. The Bertz CT molecular complexity index is 1380. The number of pyridine rings is 1. The molecular weight excluding hydrogens is 454 g/mol. The number of hydrogen-bond acceptors (Lipinski definition) is 4. The Hall–Kier alpha value is -3.94. The van der Waals surface area contributed by atoms with Gasteiger partial charge in [-0.2, -0.15) is 5.10 Å². The highest BCUT2D eigenvalue weighted by molar-refractivity contribution is 6.08. The van der Waals surface area contributed by atoms with Crippen LogP contribution < -0.4 is 16.2 Å². The molecule has 2 N–H and O–H groups in total. The van der Waals surface area contributed by atoms with Gasteiger partial charge in [-0.05, 0) is 73.4 Å². The Labute approximate surface area is 211 Å². The van der Waals surface area contributed by atoms with Crippen molar-refractivity contribution < 1.29 is 9.59 Å². The number of anilines is 1. The third-order valence-corrected chi connectivity index (χ3v) is 7.15. The van der Waals surface area contributed by atoms with Crippen molar-refractivity contribution in [3.05, 3.63) is 81.7 Å². The first-order valence-corrected chi connectivity index (χ1v) is 12.2. The van der Waals surface area contributed by atoms with Gasteiger partial charge in [0.05, 0.1) is 0 Å². The molecule has 0 saturated heterocycles. The predicted octanol–water partition coefficient (Wildman–Crippen LogP) is 4.32. The second kappa shape index (κ2) is 9.97. The Morgan fingerprint density at radius 1 is 0.972 bits per heavy atom. The molecule has 1 fully saturated rings. The highest BCUT2D eigenvalue weighted by atomic mass is 16.2. The zero-order valence-electron chi connectivity index (χ0n) is 21.5. The zero-order valence-corrected chi connectivity index (χ0v) is 21.5. The molecule has 4 rings (SSSR count). The van der Waals surface area contributed by atoms with Crippen LogP contribution in [-0.2, 0) is 18.9 Å². The van der Waals surface area contributed by atoms with Gasteiger partial charge in [-0.15, -0.1) is 0 Å². The molecule has 2 amide bonds. The lowest BCUT2D eigenvalue weighted by Crippen LogP contribution is -2.34. The molecular formula is C28H33N5O3. The molecule has 2 aromatic heterocycles. The van der Waals surface area contributed by atoms with Crippen LogP contribution in [0.5, 0.6) is 0 Å². The van der Waals surface area contributed by atoms with Crippen LogP contribution in [0.25, 0.3) is 11.1 Å². The summed E-state index contributed by atoms with van der Waals surface area (Å²) in [5.41, 5.74) is 5.19. The van der Waals surface area contributed by atoms with Crippen molar-refractivity contribution in [3.8, 4) is 11.1 Å². The third-order valence-electron chi connectivity index (χ3n) is 7.15. The van der Waals surface area contributed by atoms with Gasteiger partial charge < -0.3 is 15.2 Å². The third kappa shape index (κ3) is 5.32. The minimum atomic E-state index is -0.363. The van der Waals surface area contributed by atoms with E-state index in [9.17, 15) is 14.4 Å². The van der Waals surface area contributed by atoms with Crippen molar-refractivity contribution in [1.82, 2.24) is 19.7 Å². The summed E-state index contributed by atoms with van der Waals surface area (Å²) in [6, 6.07) is 12.5. The van der Waals surface area contributed by atoms with Gasteiger partial charge in [-0.25, -0.2) is 0 Å². The van der Waals surface area contributed by atoms with Gasteiger partial charge in [-0.3, -0.25) is 19.1 Å². The fourth-order valence-corrected chi connectivity index (χ4v) is 4.52. The Morgan fingerprint density at radius 3 is 2.25 bits per heavy atom. The molecule has 36 heavy (non-hydrogen) atoms. The highest BCUT2D eigenvalue weighted by Gasteiger charge is 2.28. The van der Waals surface area contributed by atoms with E-state index < -0.39 is 0 Å². The summed E-state index contributed by atoms with van der Waals surface area (Å²) in [4.78, 5) is 38.2. The standard InChI is InChI=1S/C28H33N5O3/c1-18-22(10-11-24(34)32(18)4)19-6-8-21(9-7-19)30-27(36)25(20-12-15-28(2,3)16-13-20)31-26(35)23-14-17-29-33(23)5/h6-11,14,17H,12-13,15-16H2,1-5H3,(H,30,36)(H,31,35). The fourth-order valence-electron chi connectivity index (χ4n) is 4.52. The van der Waals surface area contributed by atoms with Gasteiger partial charge in [0.25, 0.3) is 11.8 Å². The minimum absolute atomic E-state index is 0.0556. The van der Waals surface area contributed by atoms with Crippen molar-refractivity contribution in [2.24, 2.45) is 19.5 Å². The Balaban J connectivity index is 1.57. The first-order valence-electron chi connectivity index (χ1n) is 12.2. The second-order valence-electron chi connectivity index (χ2n) is 10.2. The first kappa shape index (κ1) is 25.2. The van der Waals surface area contributed by atoms with Crippen LogP contribution in [0.2, 0.25) is 0 Å². The average Bonchev–Trinajstić information content (AvgIpc) is 3.28. The van der Waals surface area contributed by atoms with E-state index in [0.29, 0.717) is 17.1 Å². The number of aromatic nitrogens is 3. The van der Waals surface area contributed by atoms with E-state index in [2.05, 4.69) is 29.6 Å². The molecule has 3 aromatic rings. The van der Waals surface area contributed by atoms with E-state index in [1.54, 1.807) is 37.0 Å². The number of hydrogen-bond donors (Lipinski definition) is 2. The van der Waals surface area contributed by atoms with Crippen molar-refractivity contribution in [1.29, 1.82) is 0 Å².